The largest absolute Gasteiger partial charge is 0.316 e. The van der Waals surface area contributed by atoms with E-state index in [0.29, 0.717) is 14.7 Å². The van der Waals surface area contributed by atoms with Crippen LogP contribution in [0.2, 0.25) is 5.02 Å². The average molecular weight is 416 g/mol. The maximum absolute atomic E-state index is 12.3. The lowest BCUT2D eigenvalue weighted by molar-refractivity contribution is 0.100. The molecule has 22 heavy (non-hydrogen) atoms. The molecule has 3 aromatic rings. The zero-order chi connectivity index (χ0) is 15.9. The monoisotopic (exact) mass is 414 g/mol. The Bertz CT molecular complexity index is 939. The molecule has 0 saturated heterocycles. The molecule has 0 saturated carbocycles. The number of halogens is 2. The standard InChI is InChI=1S/C15H12BrClN2OS2/c1-3-19-12-8(2)4-5-9(17)13(12)22-15(19)18-14(20)10-6-7-11(16)21-10/h4-7H,3H2,1-2H3. The third kappa shape index (κ3) is 2.80. The molecule has 0 aliphatic rings. The Morgan fingerprint density at radius 1 is 1.32 bits per heavy atom. The van der Waals surface area contributed by atoms with Gasteiger partial charge in [-0.25, -0.2) is 0 Å². The fourth-order valence-corrected chi connectivity index (χ4v) is 4.98. The molecule has 0 aliphatic heterocycles. The first-order valence-electron chi connectivity index (χ1n) is 6.64. The van der Waals surface area contributed by atoms with Crippen molar-refractivity contribution in [3.63, 3.8) is 0 Å². The number of thiazole rings is 1. The number of carbonyl (C=O) groups is 1. The van der Waals surface area contributed by atoms with E-state index in [9.17, 15) is 4.79 Å². The molecular formula is C15H12BrClN2OS2. The molecule has 0 unspecified atom stereocenters. The van der Waals surface area contributed by atoms with Gasteiger partial charge in [0, 0.05) is 6.54 Å². The Balaban J connectivity index is 2.22. The van der Waals surface area contributed by atoms with Gasteiger partial charge in [0.1, 0.15) is 0 Å². The second-order valence-corrected chi connectivity index (χ2v) is 8.54. The van der Waals surface area contributed by atoms with Crippen molar-refractivity contribution in [3.05, 3.63) is 48.3 Å². The van der Waals surface area contributed by atoms with Crippen molar-refractivity contribution in [2.24, 2.45) is 4.99 Å². The molecule has 0 radical (unpaired) electrons. The molecule has 7 heteroatoms. The molecule has 114 valence electrons. The summed E-state index contributed by atoms with van der Waals surface area (Å²) < 4.78 is 3.94. The lowest BCUT2D eigenvalue weighted by atomic mass is 10.2. The van der Waals surface area contributed by atoms with Gasteiger partial charge in [-0.15, -0.1) is 11.3 Å². The van der Waals surface area contributed by atoms with Crippen LogP contribution in [0.5, 0.6) is 0 Å². The second-order valence-electron chi connectivity index (χ2n) is 4.69. The Morgan fingerprint density at radius 2 is 2.09 bits per heavy atom. The van der Waals surface area contributed by atoms with E-state index >= 15 is 0 Å². The first-order valence-corrected chi connectivity index (χ1v) is 9.44. The highest BCUT2D eigenvalue weighted by atomic mass is 79.9. The van der Waals surface area contributed by atoms with Crippen LogP contribution in [0.3, 0.4) is 0 Å². The number of hydrogen-bond acceptors (Lipinski definition) is 3. The number of aromatic nitrogens is 1. The molecule has 0 bridgehead atoms. The van der Waals surface area contributed by atoms with Gasteiger partial charge in [-0.05, 0) is 53.5 Å². The van der Waals surface area contributed by atoms with E-state index in [0.717, 1.165) is 26.1 Å². The molecule has 1 aromatic carbocycles. The van der Waals surface area contributed by atoms with Crippen molar-refractivity contribution in [2.45, 2.75) is 20.4 Å². The summed E-state index contributed by atoms with van der Waals surface area (Å²) >= 11 is 12.5. The molecule has 3 nitrogen and oxygen atoms in total. The maximum atomic E-state index is 12.3. The number of carbonyl (C=O) groups excluding carboxylic acids is 1. The number of aryl methyl sites for hydroxylation is 2. The van der Waals surface area contributed by atoms with E-state index in [4.69, 9.17) is 11.6 Å². The molecule has 1 amide bonds. The summed E-state index contributed by atoms with van der Waals surface area (Å²) in [6.45, 7) is 4.82. The maximum Gasteiger partial charge on any atom is 0.289 e. The summed E-state index contributed by atoms with van der Waals surface area (Å²) in [4.78, 5) is 17.9. The van der Waals surface area contributed by atoms with Crippen molar-refractivity contribution in [3.8, 4) is 0 Å². The van der Waals surface area contributed by atoms with Gasteiger partial charge in [0.05, 0.1) is 23.9 Å². The molecule has 0 N–H and O–H groups in total. The zero-order valence-electron chi connectivity index (χ0n) is 11.9. The number of fused-ring (bicyclic) bond motifs is 1. The van der Waals surface area contributed by atoms with Crippen LogP contribution in [-0.2, 0) is 6.54 Å². The molecule has 3 rings (SSSR count). The van der Waals surface area contributed by atoms with E-state index in [1.54, 1.807) is 6.07 Å². The highest BCUT2D eigenvalue weighted by Crippen LogP contribution is 2.29. The Morgan fingerprint density at radius 3 is 2.73 bits per heavy atom. The smallest absolute Gasteiger partial charge is 0.289 e. The lowest BCUT2D eigenvalue weighted by Crippen LogP contribution is -2.16. The summed E-state index contributed by atoms with van der Waals surface area (Å²) in [5, 5.41) is 0.695. The molecule has 2 heterocycles. The number of hydrogen-bond donors (Lipinski definition) is 0. The first kappa shape index (κ1) is 15.9. The van der Waals surface area contributed by atoms with Crippen molar-refractivity contribution in [2.75, 3.05) is 0 Å². The van der Waals surface area contributed by atoms with Gasteiger partial charge >= 0.3 is 0 Å². The lowest BCUT2D eigenvalue weighted by Gasteiger charge is -2.03. The topological polar surface area (TPSA) is 34.4 Å². The number of benzene rings is 1. The predicted octanol–water partition coefficient (Wildman–Crippen LogP) is 5.25. The van der Waals surface area contributed by atoms with Crippen molar-refractivity contribution >= 4 is 66.3 Å². The summed E-state index contributed by atoms with van der Waals surface area (Å²) in [6, 6.07) is 7.51. The summed E-state index contributed by atoms with van der Waals surface area (Å²) in [5.74, 6) is -0.224. The van der Waals surface area contributed by atoms with Crippen LogP contribution < -0.4 is 4.80 Å². The quantitative estimate of drug-likeness (QED) is 0.563. The third-order valence-corrected chi connectivity index (χ3v) is 6.43. The number of rotatable bonds is 2. The van der Waals surface area contributed by atoms with Crippen LogP contribution in [0.4, 0.5) is 0 Å². The summed E-state index contributed by atoms with van der Waals surface area (Å²) in [5.41, 5.74) is 2.18. The molecule has 2 aromatic heterocycles. The molecule has 0 fully saturated rings. The number of amides is 1. The Kier molecular flexibility index (Phi) is 4.54. The van der Waals surface area contributed by atoms with Crippen LogP contribution in [0, 0.1) is 6.92 Å². The minimum Gasteiger partial charge on any atom is -0.316 e. The first-order chi connectivity index (χ1) is 10.5. The van der Waals surface area contributed by atoms with Gasteiger partial charge in [-0.3, -0.25) is 4.79 Å². The molecule has 0 aliphatic carbocycles. The fourth-order valence-electron chi connectivity index (χ4n) is 2.27. The third-order valence-electron chi connectivity index (χ3n) is 3.28. The van der Waals surface area contributed by atoms with Gasteiger partial charge in [0.2, 0.25) is 0 Å². The predicted molar refractivity (Wildman–Crippen MR) is 97.1 cm³/mol. The molecular weight excluding hydrogens is 404 g/mol. The second kappa shape index (κ2) is 6.28. The normalized spacial score (nSPS) is 12.3. The van der Waals surface area contributed by atoms with Gasteiger partial charge in [0.15, 0.2) is 4.80 Å². The van der Waals surface area contributed by atoms with Crippen LogP contribution in [0.15, 0.2) is 33.0 Å². The average Bonchev–Trinajstić information content (AvgIpc) is 3.07. The van der Waals surface area contributed by atoms with Crippen molar-refractivity contribution < 1.29 is 4.79 Å². The minimum atomic E-state index is -0.224. The van der Waals surface area contributed by atoms with Crippen molar-refractivity contribution in [1.29, 1.82) is 0 Å². The van der Waals surface area contributed by atoms with Gasteiger partial charge < -0.3 is 4.57 Å². The fraction of sp³-hybridized carbons (Fsp3) is 0.200. The van der Waals surface area contributed by atoms with E-state index in [1.807, 2.05) is 36.6 Å². The van der Waals surface area contributed by atoms with E-state index in [1.165, 1.54) is 22.7 Å². The zero-order valence-corrected chi connectivity index (χ0v) is 15.9. The summed E-state index contributed by atoms with van der Waals surface area (Å²) in [7, 11) is 0. The van der Waals surface area contributed by atoms with E-state index < -0.39 is 0 Å². The van der Waals surface area contributed by atoms with Crippen LogP contribution in [0.25, 0.3) is 10.2 Å². The van der Waals surface area contributed by atoms with E-state index in [-0.39, 0.29) is 5.91 Å². The van der Waals surface area contributed by atoms with Gasteiger partial charge in [-0.1, -0.05) is 29.0 Å². The Labute approximate surface area is 149 Å². The Hall–Kier alpha value is -0.950. The molecule has 0 spiro atoms. The van der Waals surface area contributed by atoms with E-state index in [2.05, 4.69) is 20.9 Å². The SMILES string of the molecule is CCn1c(=NC(=O)c2ccc(Br)s2)sc2c(Cl)ccc(C)c21. The highest BCUT2D eigenvalue weighted by Gasteiger charge is 2.13. The van der Waals surface area contributed by atoms with Crippen LogP contribution >= 0.6 is 50.2 Å². The van der Waals surface area contributed by atoms with Crippen LogP contribution in [0.1, 0.15) is 22.2 Å². The van der Waals surface area contributed by atoms with Crippen LogP contribution in [-0.4, -0.2) is 10.5 Å². The van der Waals surface area contributed by atoms with Gasteiger partial charge in [0.25, 0.3) is 5.91 Å². The number of nitrogens with zero attached hydrogens (tertiary/aromatic N) is 2. The molecule has 0 atom stereocenters. The summed E-state index contributed by atoms with van der Waals surface area (Å²) in [6.07, 6.45) is 0. The number of thiophene rings is 1. The minimum absolute atomic E-state index is 0.224. The highest BCUT2D eigenvalue weighted by molar-refractivity contribution is 9.11. The van der Waals surface area contributed by atoms with Crippen molar-refractivity contribution in [1.82, 2.24) is 4.57 Å². The van der Waals surface area contributed by atoms with Gasteiger partial charge in [-0.2, -0.15) is 4.99 Å².